The Bertz CT molecular complexity index is 636. The van der Waals surface area contributed by atoms with Gasteiger partial charge in [-0.2, -0.15) is 0 Å². The van der Waals surface area contributed by atoms with Crippen LogP contribution in [0.2, 0.25) is 0 Å². The van der Waals surface area contributed by atoms with Crippen LogP contribution in [0.4, 0.5) is 0 Å². The molecule has 0 saturated carbocycles. The van der Waals surface area contributed by atoms with Crippen molar-refractivity contribution in [2.24, 2.45) is 11.7 Å². The standard InChI is InChI=1S/C18H22N2O2S.ClH/c1-13(17(19)14-6-3-2-4-7-14)18(21)20-9-10-22-15(12-20)16-8-5-11-23-16;/h2-8,11,13,15,17H,9-10,12,19H2,1H3;1H. The van der Waals surface area contributed by atoms with Gasteiger partial charge in [0.1, 0.15) is 6.10 Å². The highest BCUT2D eigenvalue weighted by Gasteiger charge is 2.31. The number of hydrogen-bond donors (Lipinski definition) is 1. The molecule has 1 saturated heterocycles. The average Bonchev–Trinajstić information content (AvgIpc) is 3.15. The summed E-state index contributed by atoms with van der Waals surface area (Å²) >= 11 is 1.67. The van der Waals surface area contributed by atoms with E-state index >= 15 is 0 Å². The Kier molecular flexibility index (Phi) is 6.80. The fraction of sp³-hybridized carbons (Fsp3) is 0.389. The summed E-state index contributed by atoms with van der Waals surface area (Å²) in [5.41, 5.74) is 7.30. The quantitative estimate of drug-likeness (QED) is 0.902. The number of hydrogen-bond acceptors (Lipinski definition) is 4. The summed E-state index contributed by atoms with van der Waals surface area (Å²) in [6.45, 7) is 3.72. The third-order valence-electron chi connectivity index (χ3n) is 4.35. The molecular weight excluding hydrogens is 344 g/mol. The van der Waals surface area contributed by atoms with Gasteiger partial charge in [-0.15, -0.1) is 23.7 Å². The molecule has 3 unspecified atom stereocenters. The third-order valence-corrected chi connectivity index (χ3v) is 5.32. The van der Waals surface area contributed by atoms with Crippen LogP contribution in [0.15, 0.2) is 47.8 Å². The molecule has 4 nitrogen and oxygen atoms in total. The van der Waals surface area contributed by atoms with Crippen molar-refractivity contribution in [1.29, 1.82) is 0 Å². The van der Waals surface area contributed by atoms with Crippen LogP contribution in [0, 0.1) is 5.92 Å². The first kappa shape index (κ1) is 18.9. The molecule has 2 heterocycles. The Morgan fingerprint density at radius 2 is 2.04 bits per heavy atom. The second kappa shape index (κ2) is 8.62. The van der Waals surface area contributed by atoms with E-state index in [1.807, 2.05) is 53.6 Å². The number of benzene rings is 1. The lowest BCUT2D eigenvalue weighted by atomic mass is 9.94. The van der Waals surface area contributed by atoms with E-state index in [1.54, 1.807) is 11.3 Å². The van der Waals surface area contributed by atoms with E-state index in [0.717, 1.165) is 5.56 Å². The average molecular weight is 367 g/mol. The van der Waals surface area contributed by atoms with Crippen LogP contribution in [-0.4, -0.2) is 30.5 Å². The van der Waals surface area contributed by atoms with Crippen LogP contribution in [0.25, 0.3) is 0 Å². The van der Waals surface area contributed by atoms with Crippen LogP contribution in [-0.2, 0) is 9.53 Å². The first-order chi connectivity index (χ1) is 11.2. The number of carbonyl (C=O) groups excluding carboxylic acids is 1. The number of morpholine rings is 1. The van der Waals surface area contributed by atoms with Gasteiger partial charge >= 0.3 is 0 Å². The molecule has 2 N–H and O–H groups in total. The van der Waals surface area contributed by atoms with Gasteiger partial charge in [-0.25, -0.2) is 0 Å². The minimum absolute atomic E-state index is 0. The summed E-state index contributed by atoms with van der Waals surface area (Å²) in [5, 5.41) is 2.04. The van der Waals surface area contributed by atoms with Gasteiger partial charge in [0.05, 0.1) is 19.1 Å². The Hall–Kier alpha value is -1.40. The van der Waals surface area contributed by atoms with E-state index in [4.69, 9.17) is 10.5 Å². The predicted octanol–water partition coefficient (Wildman–Crippen LogP) is 3.41. The zero-order valence-corrected chi connectivity index (χ0v) is 15.3. The van der Waals surface area contributed by atoms with Gasteiger partial charge in [0.15, 0.2) is 0 Å². The molecule has 1 fully saturated rings. The highest BCUT2D eigenvalue weighted by molar-refractivity contribution is 7.10. The van der Waals surface area contributed by atoms with Crippen LogP contribution >= 0.6 is 23.7 Å². The van der Waals surface area contributed by atoms with Gasteiger partial charge in [0, 0.05) is 17.5 Å². The largest absolute Gasteiger partial charge is 0.369 e. The van der Waals surface area contributed by atoms with E-state index in [0.29, 0.717) is 19.7 Å². The van der Waals surface area contributed by atoms with Crippen molar-refractivity contribution in [1.82, 2.24) is 4.90 Å². The first-order valence-electron chi connectivity index (χ1n) is 7.91. The SMILES string of the molecule is CC(C(=O)N1CCOC(c2cccs2)C1)C(N)c1ccccc1.Cl. The Morgan fingerprint density at radius 3 is 2.71 bits per heavy atom. The second-order valence-electron chi connectivity index (χ2n) is 5.88. The fourth-order valence-electron chi connectivity index (χ4n) is 2.90. The molecule has 1 aromatic carbocycles. The summed E-state index contributed by atoms with van der Waals surface area (Å²) in [5.74, 6) is -0.148. The van der Waals surface area contributed by atoms with E-state index in [2.05, 4.69) is 6.07 Å². The predicted molar refractivity (Wildman–Crippen MR) is 99.4 cm³/mol. The van der Waals surface area contributed by atoms with Gasteiger partial charge in [0.2, 0.25) is 5.91 Å². The number of ether oxygens (including phenoxy) is 1. The number of nitrogens with zero attached hydrogens (tertiary/aromatic N) is 1. The van der Waals surface area contributed by atoms with Crippen molar-refractivity contribution in [2.45, 2.75) is 19.1 Å². The van der Waals surface area contributed by atoms with Crippen molar-refractivity contribution in [3.8, 4) is 0 Å². The minimum atomic E-state index is -0.285. The van der Waals surface area contributed by atoms with Gasteiger partial charge in [-0.1, -0.05) is 43.3 Å². The van der Waals surface area contributed by atoms with Crippen LogP contribution in [0.5, 0.6) is 0 Å². The Labute approximate surface area is 153 Å². The van der Waals surface area contributed by atoms with Crippen molar-refractivity contribution < 1.29 is 9.53 Å². The van der Waals surface area contributed by atoms with E-state index in [1.165, 1.54) is 4.88 Å². The Morgan fingerprint density at radius 1 is 1.29 bits per heavy atom. The summed E-state index contributed by atoms with van der Waals surface area (Å²) < 4.78 is 5.81. The number of halogens is 1. The molecule has 6 heteroatoms. The maximum absolute atomic E-state index is 12.8. The van der Waals surface area contributed by atoms with Gasteiger partial charge in [-0.3, -0.25) is 4.79 Å². The lowest BCUT2D eigenvalue weighted by molar-refractivity contribution is -0.143. The zero-order valence-electron chi connectivity index (χ0n) is 13.6. The number of rotatable bonds is 4. The van der Waals surface area contributed by atoms with Crippen LogP contribution in [0.1, 0.15) is 29.5 Å². The lowest BCUT2D eigenvalue weighted by Crippen LogP contribution is -2.46. The van der Waals surface area contributed by atoms with Gasteiger partial charge in [0.25, 0.3) is 0 Å². The number of carbonyl (C=O) groups is 1. The molecule has 1 aliphatic heterocycles. The topological polar surface area (TPSA) is 55.6 Å². The van der Waals surface area contributed by atoms with E-state index < -0.39 is 0 Å². The molecule has 0 radical (unpaired) electrons. The maximum atomic E-state index is 12.8. The molecule has 3 atom stereocenters. The molecular formula is C18H23ClN2O2S. The van der Waals surface area contributed by atoms with Crippen molar-refractivity contribution in [2.75, 3.05) is 19.7 Å². The molecule has 0 spiro atoms. The van der Waals surface area contributed by atoms with Crippen LogP contribution < -0.4 is 5.73 Å². The lowest BCUT2D eigenvalue weighted by Gasteiger charge is -2.35. The second-order valence-corrected chi connectivity index (χ2v) is 6.86. The molecule has 1 aliphatic rings. The Balaban J connectivity index is 0.00000208. The number of amides is 1. The normalized spacial score (nSPS) is 20.1. The van der Waals surface area contributed by atoms with Gasteiger partial charge < -0.3 is 15.4 Å². The molecule has 130 valence electrons. The molecule has 2 aromatic rings. The molecule has 0 aliphatic carbocycles. The number of thiophene rings is 1. The van der Waals surface area contributed by atoms with Gasteiger partial charge in [-0.05, 0) is 17.0 Å². The first-order valence-corrected chi connectivity index (χ1v) is 8.79. The van der Waals surface area contributed by atoms with Crippen molar-refractivity contribution in [3.05, 3.63) is 58.3 Å². The van der Waals surface area contributed by atoms with E-state index in [-0.39, 0.29) is 36.4 Å². The summed E-state index contributed by atoms with van der Waals surface area (Å²) in [6, 6.07) is 13.6. The smallest absolute Gasteiger partial charge is 0.227 e. The molecule has 1 amide bonds. The molecule has 3 rings (SSSR count). The third kappa shape index (κ3) is 4.16. The summed E-state index contributed by atoms with van der Waals surface area (Å²) in [4.78, 5) is 15.9. The summed E-state index contributed by atoms with van der Waals surface area (Å²) in [6.07, 6.45) is -0.0205. The van der Waals surface area contributed by atoms with Crippen LogP contribution in [0.3, 0.4) is 0 Å². The minimum Gasteiger partial charge on any atom is -0.369 e. The van der Waals surface area contributed by atoms with Crippen molar-refractivity contribution in [3.63, 3.8) is 0 Å². The maximum Gasteiger partial charge on any atom is 0.227 e. The fourth-order valence-corrected chi connectivity index (χ4v) is 3.67. The highest BCUT2D eigenvalue weighted by atomic mass is 35.5. The zero-order chi connectivity index (χ0) is 16.2. The van der Waals surface area contributed by atoms with Crippen molar-refractivity contribution >= 4 is 29.7 Å². The molecule has 0 bridgehead atoms. The van der Waals surface area contributed by atoms with E-state index in [9.17, 15) is 4.79 Å². The number of nitrogens with two attached hydrogens (primary N) is 1. The summed E-state index contributed by atoms with van der Waals surface area (Å²) in [7, 11) is 0. The monoisotopic (exact) mass is 366 g/mol. The highest BCUT2D eigenvalue weighted by Crippen LogP contribution is 2.28. The molecule has 24 heavy (non-hydrogen) atoms. The molecule has 1 aromatic heterocycles.